The molecule has 7 heteroatoms. The maximum Gasteiger partial charge on any atom is 0.233 e. The Morgan fingerprint density at radius 2 is 1.58 bits per heavy atom. The van der Waals surface area contributed by atoms with E-state index in [1.807, 2.05) is 73.7 Å². The zero-order valence-corrected chi connectivity index (χ0v) is 25.3. The number of Topliss-reactive ketones (excluding diaryl/α,β-unsaturated/α-hetero) is 1. The number of carbonyl (C=O) groups is 4. The van der Waals surface area contributed by atoms with Crippen LogP contribution in [0, 0.1) is 23.7 Å². The van der Waals surface area contributed by atoms with Crippen molar-refractivity contribution in [1.82, 2.24) is 4.90 Å². The highest BCUT2D eigenvalue weighted by molar-refractivity contribution is 6.31. The normalized spacial score (nSPS) is 29.0. The van der Waals surface area contributed by atoms with Gasteiger partial charge in [-0.05, 0) is 55.9 Å². The van der Waals surface area contributed by atoms with Crippen LogP contribution in [0.15, 0.2) is 96.6 Å². The van der Waals surface area contributed by atoms with Gasteiger partial charge in [-0.15, -0.1) is 0 Å². The fraction of sp³-hybridized carbons (Fsp3) is 0.316. The molecule has 1 aliphatic heterocycles. The Hall–Kier alpha value is -4.78. The molecule has 228 valence electrons. The van der Waals surface area contributed by atoms with Gasteiger partial charge in [0.15, 0.2) is 23.1 Å². The van der Waals surface area contributed by atoms with Crippen LogP contribution in [0.4, 0.5) is 0 Å². The number of rotatable bonds is 6. The lowest BCUT2D eigenvalue weighted by Gasteiger charge is -2.55. The first-order chi connectivity index (χ1) is 21.8. The molecule has 6 atom stereocenters. The average molecular weight is 602 g/mol. The van der Waals surface area contributed by atoms with Crippen molar-refractivity contribution in [3.63, 3.8) is 0 Å². The van der Waals surface area contributed by atoms with E-state index < -0.39 is 35.0 Å². The first-order valence-corrected chi connectivity index (χ1v) is 15.8. The van der Waals surface area contributed by atoms with Crippen LogP contribution >= 0.6 is 0 Å². The van der Waals surface area contributed by atoms with Crippen LogP contribution in [0.3, 0.4) is 0 Å². The van der Waals surface area contributed by atoms with E-state index in [-0.39, 0.29) is 47.8 Å². The SMILES string of the molecule is CCOc1cccc([C@H]2C3=CC[C@@H]4C(=O)N(CC)C(=O)[C@@H]4[C@@H]3C[C@H]3C(=O)C(c4ccccc4)=CC(=O)[C@@]23c2ccccc2)c1O. The van der Waals surface area contributed by atoms with Gasteiger partial charge < -0.3 is 9.84 Å². The molecule has 4 aliphatic rings. The lowest BCUT2D eigenvalue weighted by molar-refractivity contribution is -0.140. The predicted molar refractivity (Wildman–Crippen MR) is 168 cm³/mol. The number of imide groups is 1. The first kappa shape index (κ1) is 29.0. The molecule has 3 aliphatic carbocycles. The number of carbonyl (C=O) groups excluding carboxylic acids is 4. The molecule has 7 nitrogen and oxygen atoms in total. The molecule has 0 spiro atoms. The van der Waals surface area contributed by atoms with Crippen molar-refractivity contribution in [3.8, 4) is 11.5 Å². The summed E-state index contributed by atoms with van der Waals surface area (Å²) in [6, 6.07) is 23.8. The van der Waals surface area contributed by atoms with E-state index in [0.29, 0.717) is 35.3 Å². The number of para-hydroxylation sites is 1. The van der Waals surface area contributed by atoms with Gasteiger partial charge in [0.05, 0.1) is 23.9 Å². The van der Waals surface area contributed by atoms with Crippen molar-refractivity contribution >= 4 is 29.0 Å². The molecule has 2 amide bonds. The standard InChI is InChI=1S/C38H35NO6/c1-3-39-36(43)25-19-18-24-28(32(25)37(39)44)20-29-34(41)27(22-12-7-5-8-13-22)21-31(40)38(29,23-14-9-6-10-15-23)33(24)26-16-11-17-30(35(26)42)45-4-2/h5-18,21,25,28-29,32-33,42H,3-4,19-20H2,1-2H3/t25-,28+,29-,32-,33+,38-/m0/s1. The highest BCUT2D eigenvalue weighted by atomic mass is 16.5. The third kappa shape index (κ3) is 4.09. The van der Waals surface area contributed by atoms with Gasteiger partial charge in [0.1, 0.15) is 0 Å². The summed E-state index contributed by atoms with van der Waals surface area (Å²) in [6.45, 7) is 4.23. The van der Waals surface area contributed by atoms with E-state index >= 15 is 4.79 Å². The fourth-order valence-electron chi connectivity index (χ4n) is 8.64. The molecule has 2 fully saturated rings. The number of amides is 2. The second-order valence-electron chi connectivity index (χ2n) is 12.3. The Morgan fingerprint density at radius 1 is 0.867 bits per heavy atom. The molecule has 1 saturated heterocycles. The maximum absolute atomic E-state index is 15.0. The molecule has 45 heavy (non-hydrogen) atoms. The zero-order valence-electron chi connectivity index (χ0n) is 25.3. The summed E-state index contributed by atoms with van der Waals surface area (Å²) in [4.78, 5) is 58.5. The van der Waals surface area contributed by atoms with Gasteiger partial charge in [-0.2, -0.15) is 0 Å². The van der Waals surface area contributed by atoms with Crippen molar-refractivity contribution in [2.45, 2.75) is 38.0 Å². The van der Waals surface area contributed by atoms with Crippen LogP contribution in [-0.2, 0) is 24.6 Å². The third-order valence-corrected chi connectivity index (χ3v) is 10.4. The second-order valence-corrected chi connectivity index (χ2v) is 12.3. The summed E-state index contributed by atoms with van der Waals surface area (Å²) in [5.74, 6) is -3.89. The number of phenolic OH excluding ortho intramolecular Hbond substituents is 1. The lowest BCUT2D eigenvalue weighted by atomic mass is 9.44. The van der Waals surface area contributed by atoms with Crippen LogP contribution in [0.2, 0.25) is 0 Å². The topological polar surface area (TPSA) is 101 Å². The van der Waals surface area contributed by atoms with Crippen molar-refractivity contribution < 1.29 is 29.0 Å². The van der Waals surface area contributed by atoms with E-state index in [0.717, 1.165) is 5.57 Å². The number of aromatic hydroxyl groups is 1. The highest BCUT2D eigenvalue weighted by Crippen LogP contribution is 2.64. The van der Waals surface area contributed by atoms with Crippen molar-refractivity contribution in [3.05, 3.63) is 113 Å². The molecule has 3 aromatic rings. The van der Waals surface area contributed by atoms with Crippen LogP contribution in [-0.4, -0.2) is 46.5 Å². The summed E-state index contributed by atoms with van der Waals surface area (Å²) in [5, 5.41) is 11.8. The molecule has 0 aromatic heterocycles. The molecule has 1 saturated carbocycles. The van der Waals surface area contributed by atoms with Gasteiger partial charge >= 0.3 is 0 Å². The molecular formula is C38H35NO6. The van der Waals surface area contributed by atoms with Crippen LogP contribution < -0.4 is 4.74 Å². The van der Waals surface area contributed by atoms with E-state index in [1.165, 1.54) is 11.0 Å². The number of likely N-dealkylation sites (tertiary alicyclic amines) is 1. The number of nitrogens with zero attached hydrogens (tertiary/aromatic N) is 1. The number of fused-ring (bicyclic) bond motifs is 4. The molecule has 3 aromatic carbocycles. The number of allylic oxidation sites excluding steroid dienone is 4. The van der Waals surface area contributed by atoms with Crippen molar-refractivity contribution in [2.24, 2.45) is 23.7 Å². The largest absolute Gasteiger partial charge is 0.504 e. The maximum atomic E-state index is 15.0. The number of ether oxygens (including phenoxy) is 1. The minimum atomic E-state index is -1.40. The Morgan fingerprint density at radius 3 is 2.27 bits per heavy atom. The molecular weight excluding hydrogens is 566 g/mol. The summed E-state index contributed by atoms with van der Waals surface area (Å²) in [7, 11) is 0. The summed E-state index contributed by atoms with van der Waals surface area (Å²) in [5.41, 5.74) is 1.55. The second kappa shape index (κ2) is 11.0. The number of hydrogen-bond donors (Lipinski definition) is 1. The average Bonchev–Trinajstić information content (AvgIpc) is 3.32. The third-order valence-electron chi connectivity index (χ3n) is 10.4. The number of ketones is 2. The Balaban J connectivity index is 1.53. The minimum absolute atomic E-state index is 0.0934. The fourth-order valence-corrected chi connectivity index (χ4v) is 8.64. The Bertz CT molecular complexity index is 1780. The number of benzene rings is 3. The molecule has 1 N–H and O–H groups in total. The van der Waals surface area contributed by atoms with E-state index in [4.69, 9.17) is 4.74 Å². The van der Waals surface area contributed by atoms with E-state index in [2.05, 4.69) is 0 Å². The van der Waals surface area contributed by atoms with Gasteiger partial charge in [-0.25, -0.2) is 0 Å². The van der Waals surface area contributed by atoms with Crippen LogP contribution in [0.1, 0.15) is 49.3 Å². The summed E-state index contributed by atoms with van der Waals surface area (Å²) in [6.07, 6.45) is 4.06. The Kier molecular flexibility index (Phi) is 7.07. The monoisotopic (exact) mass is 601 g/mol. The Labute approximate surface area is 262 Å². The highest BCUT2D eigenvalue weighted by Gasteiger charge is 2.66. The molecule has 7 rings (SSSR count). The van der Waals surface area contributed by atoms with E-state index in [9.17, 15) is 19.5 Å². The zero-order chi connectivity index (χ0) is 31.5. The van der Waals surface area contributed by atoms with Gasteiger partial charge in [0, 0.05) is 29.5 Å². The first-order valence-electron chi connectivity index (χ1n) is 15.8. The van der Waals surface area contributed by atoms with E-state index in [1.54, 1.807) is 25.1 Å². The molecule has 0 bridgehead atoms. The van der Waals surface area contributed by atoms with Crippen molar-refractivity contribution in [2.75, 3.05) is 13.2 Å². The van der Waals surface area contributed by atoms with Crippen LogP contribution in [0.25, 0.3) is 5.57 Å². The molecule has 0 unspecified atom stereocenters. The predicted octanol–water partition coefficient (Wildman–Crippen LogP) is 5.64. The van der Waals surface area contributed by atoms with Gasteiger partial charge in [-0.3, -0.25) is 24.1 Å². The van der Waals surface area contributed by atoms with Gasteiger partial charge in [-0.1, -0.05) is 84.4 Å². The summed E-state index contributed by atoms with van der Waals surface area (Å²) >= 11 is 0. The molecule has 0 radical (unpaired) electrons. The summed E-state index contributed by atoms with van der Waals surface area (Å²) < 4.78 is 5.79. The number of hydrogen-bond acceptors (Lipinski definition) is 6. The number of phenols is 1. The minimum Gasteiger partial charge on any atom is -0.504 e. The van der Waals surface area contributed by atoms with Crippen molar-refractivity contribution in [1.29, 1.82) is 0 Å². The quantitative estimate of drug-likeness (QED) is 0.290. The lowest BCUT2D eigenvalue weighted by Crippen LogP contribution is -2.58. The smallest absolute Gasteiger partial charge is 0.233 e. The van der Waals surface area contributed by atoms with Gasteiger partial charge in [0.2, 0.25) is 11.8 Å². The van der Waals surface area contributed by atoms with Gasteiger partial charge in [0.25, 0.3) is 0 Å². The molecule has 1 heterocycles. The van der Waals surface area contributed by atoms with Crippen LogP contribution in [0.5, 0.6) is 11.5 Å².